The van der Waals surface area contributed by atoms with Crippen LogP contribution in [-0.4, -0.2) is 60.7 Å². The lowest BCUT2D eigenvalue weighted by atomic mass is 9.75. The van der Waals surface area contributed by atoms with Gasteiger partial charge in [-0.05, 0) is 44.4 Å². The van der Waals surface area contributed by atoms with E-state index in [-0.39, 0.29) is 0 Å². The number of hydrogen-bond acceptors (Lipinski definition) is 4. The molecule has 1 aliphatic carbocycles. The van der Waals surface area contributed by atoms with Crippen molar-refractivity contribution in [1.82, 2.24) is 4.90 Å². The van der Waals surface area contributed by atoms with Gasteiger partial charge in [-0.15, -0.1) is 0 Å². The Balaban J connectivity index is 1.81. The second-order valence-electron chi connectivity index (χ2n) is 8.28. The molecule has 0 aromatic heterocycles. The number of β-amino-alcohol motifs (C(OH)–C–C–N with tert-alkyl or cyclic N) is 1. The van der Waals surface area contributed by atoms with Crippen molar-refractivity contribution in [3.63, 3.8) is 0 Å². The van der Waals surface area contributed by atoms with Gasteiger partial charge in [0.2, 0.25) is 0 Å². The molecule has 2 rings (SSSR count). The largest absolute Gasteiger partial charge is 0.389 e. The monoisotopic (exact) mass is 327 g/mol. The summed E-state index contributed by atoms with van der Waals surface area (Å²) in [6, 6.07) is 0.734. The van der Waals surface area contributed by atoms with Crippen LogP contribution in [0.3, 0.4) is 0 Å². The van der Waals surface area contributed by atoms with Crippen molar-refractivity contribution in [2.45, 2.75) is 78.2 Å². The minimum absolute atomic E-state index is 0.313. The van der Waals surface area contributed by atoms with Crippen LogP contribution < -0.4 is 0 Å². The Morgan fingerprint density at radius 2 is 1.78 bits per heavy atom. The fraction of sp³-hybridized carbons (Fsp3) is 1.00. The molecule has 4 heteroatoms. The van der Waals surface area contributed by atoms with E-state index >= 15 is 0 Å². The first-order chi connectivity index (χ1) is 10.9. The Labute approximate surface area is 142 Å². The molecule has 0 bridgehead atoms. The van der Waals surface area contributed by atoms with Crippen LogP contribution in [0.1, 0.15) is 53.9 Å². The van der Waals surface area contributed by atoms with E-state index in [9.17, 15) is 5.11 Å². The predicted molar refractivity (Wildman–Crippen MR) is 93.5 cm³/mol. The van der Waals surface area contributed by atoms with Gasteiger partial charge in [0.15, 0.2) is 0 Å². The van der Waals surface area contributed by atoms with Crippen molar-refractivity contribution in [2.24, 2.45) is 17.8 Å². The highest BCUT2D eigenvalue weighted by Crippen LogP contribution is 2.35. The van der Waals surface area contributed by atoms with Crippen LogP contribution in [0.2, 0.25) is 0 Å². The number of rotatable bonds is 6. The van der Waals surface area contributed by atoms with E-state index in [4.69, 9.17) is 9.47 Å². The molecule has 4 nitrogen and oxygen atoms in total. The maximum atomic E-state index is 10.5. The summed E-state index contributed by atoms with van der Waals surface area (Å²) >= 11 is 0. The van der Waals surface area contributed by atoms with Gasteiger partial charge in [-0.1, -0.05) is 27.2 Å². The molecule has 136 valence electrons. The average molecular weight is 328 g/mol. The van der Waals surface area contributed by atoms with Crippen LogP contribution in [0.15, 0.2) is 0 Å². The summed E-state index contributed by atoms with van der Waals surface area (Å²) in [5.74, 6) is 2.04. The van der Waals surface area contributed by atoms with Crippen molar-refractivity contribution in [3.05, 3.63) is 0 Å². The first-order valence-corrected chi connectivity index (χ1v) is 9.51. The molecule has 23 heavy (non-hydrogen) atoms. The molecule has 0 aromatic carbocycles. The third kappa shape index (κ3) is 5.42. The Morgan fingerprint density at radius 1 is 1.13 bits per heavy atom. The Kier molecular flexibility index (Phi) is 7.33. The van der Waals surface area contributed by atoms with E-state index < -0.39 is 6.10 Å². The fourth-order valence-electron chi connectivity index (χ4n) is 4.23. The molecule has 6 atom stereocenters. The van der Waals surface area contributed by atoms with Crippen LogP contribution in [-0.2, 0) is 9.47 Å². The van der Waals surface area contributed by atoms with E-state index in [1.165, 1.54) is 12.8 Å². The molecule has 0 spiro atoms. The van der Waals surface area contributed by atoms with E-state index in [1.807, 2.05) is 0 Å². The first-order valence-electron chi connectivity index (χ1n) is 9.51. The van der Waals surface area contributed by atoms with Gasteiger partial charge in [0.25, 0.3) is 0 Å². The molecule has 1 saturated carbocycles. The molecule has 2 fully saturated rings. The second-order valence-corrected chi connectivity index (χ2v) is 8.28. The summed E-state index contributed by atoms with van der Waals surface area (Å²) in [4.78, 5) is 2.35. The Hall–Kier alpha value is -0.160. The lowest BCUT2D eigenvalue weighted by molar-refractivity contribution is -0.0929. The minimum atomic E-state index is -0.414. The van der Waals surface area contributed by atoms with E-state index in [2.05, 4.69) is 39.5 Å². The van der Waals surface area contributed by atoms with Gasteiger partial charge in [-0.2, -0.15) is 0 Å². The molecule has 2 aliphatic rings. The summed E-state index contributed by atoms with van der Waals surface area (Å²) in [6.07, 6.45) is 3.61. The first kappa shape index (κ1) is 19.2. The van der Waals surface area contributed by atoms with Crippen LogP contribution in [0.5, 0.6) is 0 Å². The number of nitrogens with zero attached hydrogens (tertiary/aromatic N) is 1. The fourth-order valence-corrected chi connectivity index (χ4v) is 4.23. The zero-order chi connectivity index (χ0) is 17.0. The van der Waals surface area contributed by atoms with Crippen molar-refractivity contribution >= 4 is 0 Å². The Morgan fingerprint density at radius 3 is 2.39 bits per heavy atom. The van der Waals surface area contributed by atoms with Crippen molar-refractivity contribution in [2.75, 3.05) is 26.4 Å². The number of aliphatic hydroxyl groups excluding tert-OH is 1. The highest BCUT2D eigenvalue weighted by molar-refractivity contribution is 4.83. The zero-order valence-corrected chi connectivity index (χ0v) is 15.7. The molecule has 1 heterocycles. The van der Waals surface area contributed by atoms with Gasteiger partial charge in [-0.3, -0.25) is 4.90 Å². The van der Waals surface area contributed by atoms with Crippen LogP contribution >= 0.6 is 0 Å². The SMILES string of the molecule is CC(C)[C@H]1CC[C@@H](C)C[C@H]1OC[C@H](O)CN1[C@H](C)COC[C@@H]1C. The summed E-state index contributed by atoms with van der Waals surface area (Å²) in [5, 5.41) is 10.5. The zero-order valence-electron chi connectivity index (χ0n) is 15.7. The van der Waals surface area contributed by atoms with Gasteiger partial charge >= 0.3 is 0 Å². The van der Waals surface area contributed by atoms with Crippen molar-refractivity contribution in [1.29, 1.82) is 0 Å². The highest BCUT2D eigenvalue weighted by atomic mass is 16.5. The normalized spacial score (nSPS) is 38.0. The molecule has 1 aliphatic heterocycles. The second kappa shape index (κ2) is 8.80. The van der Waals surface area contributed by atoms with Gasteiger partial charge in [0.05, 0.1) is 32.0 Å². The number of hydrogen-bond donors (Lipinski definition) is 1. The average Bonchev–Trinajstić information content (AvgIpc) is 2.49. The molecular formula is C19H37NO3. The minimum Gasteiger partial charge on any atom is -0.389 e. The van der Waals surface area contributed by atoms with Crippen LogP contribution in [0.4, 0.5) is 0 Å². The topological polar surface area (TPSA) is 41.9 Å². The third-order valence-electron chi connectivity index (χ3n) is 5.74. The van der Waals surface area contributed by atoms with E-state index in [0.29, 0.717) is 43.2 Å². The van der Waals surface area contributed by atoms with Gasteiger partial charge < -0.3 is 14.6 Å². The lowest BCUT2D eigenvalue weighted by Crippen LogP contribution is -2.52. The summed E-state index contributed by atoms with van der Waals surface area (Å²) in [7, 11) is 0. The standard InChI is InChI=1S/C19H37NO3/c1-13(2)18-7-6-14(3)8-19(18)23-12-17(21)9-20-15(4)10-22-11-16(20)5/h13-19,21H,6-12H2,1-5H3/t14-,15-,16+,17-,18-,19-/m1/s1. The summed E-state index contributed by atoms with van der Waals surface area (Å²) in [5.41, 5.74) is 0. The predicted octanol–water partition coefficient (Wildman–Crippen LogP) is 2.93. The summed E-state index contributed by atoms with van der Waals surface area (Å²) < 4.78 is 11.8. The lowest BCUT2D eigenvalue weighted by Gasteiger charge is -2.40. The van der Waals surface area contributed by atoms with Gasteiger partial charge in [-0.25, -0.2) is 0 Å². The third-order valence-corrected chi connectivity index (χ3v) is 5.74. The molecule has 1 saturated heterocycles. The van der Waals surface area contributed by atoms with Gasteiger partial charge in [0.1, 0.15) is 0 Å². The molecule has 0 unspecified atom stereocenters. The molecular weight excluding hydrogens is 290 g/mol. The van der Waals surface area contributed by atoms with Crippen molar-refractivity contribution < 1.29 is 14.6 Å². The van der Waals surface area contributed by atoms with E-state index in [0.717, 1.165) is 25.6 Å². The maximum absolute atomic E-state index is 10.5. The van der Waals surface area contributed by atoms with Gasteiger partial charge in [0, 0.05) is 18.6 Å². The number of morpholine rings is 1. The smallest absolute Gasteiger partial charge is 0.0900 e. The molecule has 0 amide bonds. The molecule has 0 aromatic rings. The van der Waals surface area contributed by atoms with Crippen molar-refractivity contribution in [3.8, 4) is 0 Å². The molecule has 1 N–H and O–H groups in total. The van der Waals surface area contributed by atoms with E-state index in [1.54, 1.807) is 0 Å². The maximum Gasteiger partial charge on any atom is 0.0900 e. The number of ether oxygens (including phenoxy) is 2. The highest BCUT2D eigenvalue weighted by Gasteiger charge is 2.32. The number of aliphatic hydroxyl groups is 1. The summed E-state index contributed by atoms with van der Waals surface area (Å²) in [6.45, 7) is 13.9. The molecule has 0 radical (unpaired) electrons. The van der Waals surface area contributed by atoms with Crippen LogP contribution in [0.25, 0.3) is 0 Å². The van der Waals surface area contributed by atoms with Crippen LogP contribution in [0, 0.1) is 17.8 Å². The Bertz CT molecular complexity index is 340. The quantitative estimate of drug-likeness (QED) is 0.814.